The van der Waals surface area contributed by atoms with Crippen molar-refractivity contribution >= 4 is 56.4 Å². The van der Waals surface area contributed by atoms with Crippen molar-refractivity contribution in [1.29, 1.82) is 0 Å². The van der Waals surface area contributed by atoms with Crippen LogP contribution in [-0.2, 0) is 14.4 Å². The number of non-ortho nitro benzene ring substituents is 2. The second-order valence-electron chi connectivity index (χ2n) is 9.30. The standard InChI is InChI=1S/C28H29BrN6O10/c1-16(27(37)30-22-13-19(34(39)40)8-10-24(22)43-3)33(32-26(36)15-45-21-7-5-6-18(29)12-21)17(2)28(38)31-23-14-20(35(41)42)9-11-25(23)44-4/h5-14,16-17H,15H2,1-4H3,(H,30,37)(H,31,38)(H,32,36)/t16-,17-/m1/s1. The summed E-state index contributed by atoms with van der Waals surface area (Å²) >= 11 is 3.31. The molecule has 17 heteroatoms. The number of rotatable bonds is 14. The largest absolute Gasteiger partial charge is 0.495 e. The van der Waals surface area contributed by atoms with Crippen molar-refractivity contribution in [3.05, 3.63) is 85.4 Å². The Hall–Kier alpha value is -5.29. The first-order chi connectivity index (χ1) is 21.3. The molecule has 3 N–H and O–H groups in total. The lowest BCUT2D eigenvalue weighted by Gasteiger charge is -2.33. The summed E-state index contributed by atoms with van der Waals surface area (Å²) in [5, 5.41) is 28.7. The third-order valence-corrected chi connectivity index (χ3v) is 6.81. The molecule has 0 saturated heterocycles. The summed E-state index contributed by atoms with van der Waals surface area (Å²) in [6, 6.07) is 11.4. The molecule has 0 aliphatic heterocycles. The lowest BCUT2D eigenvalue weighted by molar-refractivity contribution is -0.385. The topological polar surface area (TPSA) is 205 Å². The Morgan fingerprint density at radius 1 is 0.822 bits per heavy atom. The molecule has 3 amide bonds. The lowest BCUT2D eigenvalue weighted by atomic mass is 10.2. The Bertz CT molecular complexity index is 1520. The van der Waals surface area contributed by atoms with E-state index in [0.717, 1.165) is 17.1 Å². The second kappa shape index (κ2) is 15.4. The number of nitro groups is 2. The Kier molecular flexibility index (Phi) is 11.7. The van der Waals surface area contributed by atoms with Gasteiger partial charge in [0, 0.05) is 28.7 Å². The zero-order valence-electron chi connectivity index (χ0n) is 24.4. The van der Waals surface area contributed by atoms with E-state index in [-0.39, 0.29) is 34.2 Å². The smallest absolute Gasteiger partial charge is 0.272 e. The number of hydrazine groups is 1. The van der Waals surface area contributed by atoms with Gasteiger partial charge in [-0.2, -0.15) is 5.01 Å². The molecule has 16 nitrogen and oxygen atoms in total. The SMILES string of the molecule is COc1ccc([N+](=O)[O-])cc1NC(=O)[C@@H](C)N(NC(=O)COc1cccc(Br)c1)[C@H](C)C(=O)Nc1cc([N+](=O)[O-])ccc1OC. The average Bonchev–Trinajstić information content (AvgIpc) is 3.01. The summed E-state index contributed by atoms with van der Waals surface area (Å²) in [5.74, 6) is -1.64. The summed E-state index contributed by atoms with van der Waals surface area (Å²) < 4.78 is 16.6. The number of carbonyl (C=O) groups is 3. The van der Waals surface area contributed by atoms with Crippen LogP contribution in [0.15, 0.2) is 65.1 Å². The molecule has 0 fully saturated rings. The maximum absolute atomic E-state index is 13.4. The van der Waals surface area contributed by atoms with Crippen molar-refractivity contribution in [3.8, 4) is 17.2 Å². The minimum atomic E-state index is -1.27. The number of ether oxygens (including phenoxy) is 3. The van der Waals surface area contributed by atoms with E-state index >= 15 is 0 Å². The zero-order valence-corrected chi connectivity index (χ0v) is 26.0. The van der Waals surface area contributed by atoms with E-state index in [9.17, 15) is 34.6 Å². The van der Waals surface area contributed by atoms with Gasteiger partial charge in [-0.3, -0.25) is 40.0 Å². The van der Waals surface area contributed by atoms with Gasteiger partial charge in [-0.25, -0.2) is 0 Å². The van der Waals surface area contributed by atoms with E-state index in [1.807, 2.05) is 0 Å². The second-order valence-corrected chi connectivity index (χ2v) is 10.2. The molecule has 0 saturated carbocycles. The van der Waals surface area contributed by atoms with Crippen LogP contribution in [0.25, 0.3) is 0 Å². The van der Waals surface area contributed by atoms with Crippen molar-refractivity contribution in [1.82, 2.24) is 10.4 Å². The third-order valence-electron chi connectivity index (χ3n) is 6.32. The highest BCUT2D eigenvalue weighted by molar-refractivity contribution is 9.10. The number of benzene rings is 3. The summed E-state index contributed by atoms with van der Waals surface area (Å²) in [4.78, 5) is 61.1. The van der Waals surface area contributed by atoms with Gasteiger partial charge in [0.15, 0.2) is 6.61 Å². The number of hydrogen-bond donors (Lipinski definition) is 3. The summed E-state index contributed by atoms with van der Waals surface area (Å²) in [6.07, 6.45) is 0. The molecule has 3 aromatic rings. The van der Waals surface area contributed by atoms with Crippen LogP contribution in [0.5, 0.6) is 17.2 Å². The Balaban J connectivity index is 1.88. The molecular formula is C28H29BrN6O10. The number of halogens is 1. The molecule has 3 aromatic carbocycles. The van der Waals surface area contributed by atoms with Gasteiger partial charge in [-0.1, -0.05) is 22.0 Å². The van der Waals surface area contributed by atoms with Gasteiger partial charge in [-0.15, -0.1) is 0 Å². The van der Waals surface area contributed by atoms with E-state index in [1.165, 1.54) is 52.3 Å². The zero-order chi connectivity index (χ0) is 33.3. The van der Waals surface area contributed by atoms with E-state index in [0.29, 0.717) is 10.2 Å². The fourth-order valence-corrected chi connectivity index (χ4v) is 4.33. The number of hydrogen-bond acceptors (Lipinski definition) is 11. The number of carbonyl (C=O) groups excluding carboxylic acids is 3. The van der Waals surface area contributed by atoms with Crippen molar-refractivity contribution < 1.29 is 38.4 Å². The first-order valence-corrected chi connectivity index (χ1v) is 13.9. The molecule has 0 aliphatic rings. The van der Waals surface area contributed by atoms with Crippen LogP contribution in [0.1, 0.15) is 13.8 Å². The fraction of sp³-hybridized carbons (Fsp3) is 0.250. The molecule has 0 heterocycles. The molecule has 0 unspecified atom stereocenters. The van der Waals surface area contributed by atoms with E-state index in [4.69, 9.17) is 14.2 Å². The van der Waals surface area contributed by atoms with E-state index in [2.05, 4.69) is 32.0 Å². The Morgan fingerprint density at radius 2 is 1.31 bits per heavy atom. The summed E-state index contributed by atoms with van der Waals surface area (Å²) in [7, 11) is 2.62. The van der Waals surface area contributed by atoms with Gasteiger partial charge in [0.1, 0.15) is 29.3 Å². The van der Waals surface area contributed by atoms with Gasteiger partial charge in [0.05, 0.1) is 35.4 Å². The van der Waals surface area contributed by atoms with Crippen LogP contribution in [0, 0.1) is 20.2 Å². The molecule has 0 bridgehead atoms. The molecule has 2 atom stereocenters. The van der Waals surface area contributed by atoms with Gasteiger partial charge < -0.3 is 24.8 Å². The number of methoxy groups -OCH3 is 2. The monoisotopic (exact) mass is 688 g/mol. The molecule has 0 aromatic heterocycles. The average molecular weight is 689 g/mol. The van der Waals surface area contributed by atoms with Gasteiger partial charge in [0.2, 0.25) is 11.8 Å². The van der Waals surface area contributed by atoms with Crippen molar-refractivity contribution in [3.63, 3.8) is 0 Å². The van der Waals surface area contributed by atoms with Crippen LogP contribution in [-0.4, -0.2) is 65.5 Å². The maximum atomic E-state index is 13.4. The molecule has 3 rings (SSSR count). The normalized spacial score (nSPS) is 12.0. The highest BCUT2D eigenvalue weighted by atomic mass is 79.9. The fourth-order valence-electron chi connectivity index (χ4n) is 3.95. The van der Waals surface area contributed by atoms with Gasteiger partial charge >= 0.3 is 0 Å². The molecule has 238 valence electrons. The van der Waals surface area contributed by atoms with Crippen molar-refractivity contribution in [2.45, 2.75) is 25.9 Å². The maximum Gasteiger partial charge on any atom is 0.272 e. The van der Waals surface area contributed by atoms with Crippen LogP contribution >= 0.6 is 15.9 Å². The Labute approximate surface area is 265 Å². The predicted octanol–water partition coefficient (Wildman–Crippen LogP) is 4.05. The minimum absolute atomic E-state index is 0.0220. The summed E-state index contributed by atoms with van der Waals surface area (Å²) in [6.45, 7) is 2.27. The predicted molar refractivity (Wildman–Crippen MR) is 165 cm³/mol. The van der Waals surface area contributed by atoms with E-state index in [1.54, 1.807) is 24.3 Å². The number of nitrogens with one attached hydrogen (secondary N) is 3. The van der Waals surface area contributed by atoms with E-state index < -0.39 is 46.3 Å². The Morgan fingerprint density at radius 3 is 1.73 bits per heavy atom. The number of amides is 3. The molecule has 0 spiro atoms. The lowest BCUT2D eigenvalue weighted by Crippen LogP contribution is -2.59. The number of nitrogens with zero attached hydrogens (tertiary/aromatic N) is 3. The van der Waals surface area contributed by atoms with Crippen molar-refractivity contribution in [2.24, 2.45) is 0 Å². The molecular weight excluding hydrogens is 660 g/mol. The first-order valence-electron chi connectivity index (χ1n) is 13.1. The number of nitro benzene ring substituents is 2. The highest BCUT2D eigenvalue weighted by Gasteiger charge is 2.33. The van der Waals surface area contributed by atoms with Gasteiger partial charge in [0.25, 0.3) is 17.3 Å². The highest BCUT2D eigenvalue weighted by Crippen LogP contribution is 2.30. The van der Waals surface area contributed by atoms with Crippen LogP contribution in [0.4, 0.5) is 22.7 Å². The molecule has 0 radical (unpaired) electrons. The van der Waals surface area contributed by atoms with Crippen LogP contribution in [0.2, 0.25) is 0 Å². The summed E-state index contributed by atoms with van der Waals surface area (Å²) in [5.41, 5.74) is 1.84. The minimum Gasteiger partial charge on any atom is -0.495 e. The molecule has 0 aliphatic carbocycles. The number of anilines is 2. The van der Waals surface area contributed by atoms with Gasteiger partial charge in [-0.05, 0) is 44.2 Å². The third kappa shape index (κ3) is 9.10. The van der Waals surface area contributed by atoms with Crippen molar-refractivity contribution in [2.75, 3.05) is 31.5 Å². The van der Waals surface area contributed by atoms with Crippen LogP contribution < -0.4 is 30.3 Å². The first kappa shape index (κ1) is 34.2. The van der Waals surface area contributed by atoms with Crippen LogP contribution in [0.3, 0.4) is 0 Å². The molecule has 45 heavy (non-hydrogen) atoms. The quantitative estimate of drug-likeness (QED) is 0.163.